The van der Waals surface area contributed by atoms with Gasteiger partial charge < -0.3 is 10.6 Å². The third-order valence-corrected chi connectivity index (χ3v) is 4.83. The molecule has 0 radical (unpaired) electrons. The van der Waals surface area contributed by atoms with Gasteiger partial charge in [0, 0.05) is 17.8 Å². The molecule has 20 heavy (non-hydrogen) atoms. The van der Waals surface area contributed by atoms with E-state index < -0.39 is 0 Å². The molecule has 1 heterocycles. The van der Waals surface area contributed by atoms with E-state index in [0.717, 1.165) is 17.8 Å². The first-order chi connectivity index (χ1) is 9.72. The van der Waals surface area contributed by atoms with Crippen molar-refractivity contribution in [3.8, 4) is 0 Å². The Bertz CT molecular complexity index is 434. The first-order valence-corrected chi connectivity index (χ1v) is 7.99. The molecule has 2 fully saturated rings. The molecule has 1 saturated carbocycles. The van der Waals surface area contributed by atoms with E-state index in [-0.39, 0.29) is 5.82 Å². The summed E-state index contributed by atoms with van der Waals surface area (Å²) in [6.45, 7) is 3.11. The van der Waals surface area contributed by atoms with E-state index in [1.807, 2.05) is 13.0 Å². The zero-order valence-electron chi connectivity index (χ0n) is 12.3. The number of hydrogen-bond acceptors (Lipinski definition) is 2. The predicted molar refractivity (Wildman–Crippen MR) is 81.5 cm³/mol. The third kappa shape index (κ3) is 3.14. The number of benzene rings is 1. The summed E-state index contributed by atoms with van der Waals surface area (Å²) in [5.41, 5.74) is 1.92. The fraction of sp³-hybridized carbons (Fsp3) is 0.647. The van der Waals surface area contributed by atoms with Gasteiger partial charge in [0.1, 0.15) is 5.82 Å². The van der Waals surface area contributed by atoms with Crippen molar-refractivity contribution in [1.82, 2.24) is 5.32 Å². The van der Waals surface area contributed by atoms with Crippen LogP contribution in [0.5, 0.6) is 0 Å². The van der Waals surface area contributed by atoms with E-state index in [9.17, 15) is 4.39 Å². The van der Waals surface area contributed by atoms with E-state index in [4.69, 9.17) is 0 Å². The lowest BCUT2D eigenvalue weighted by Gasteiger charge is -2.33. The lowest BCUT2D eigenvalue weighted by Crippen LogP contribution is -2.44. The van der Waals surface area contributed by atoms with Gasteiger partial charge in [0.15, 0.2) is 0 Å². The van der Waals surface area contributed by atoms with Crippen molar-refractivity contribution in [2.75, 3.05) is 11.9 Å². The van der Waals surface area contributed by atoms with Crippen molar-refractivity contribution in [3.05, 3.63) is 29.6 Å². The number of piperidine rings is 1. The molecule has 3 heteroatoms. The van der Waals surface area contributed by atoms with Gasteiger partial charge in [-0.25, -0.2) is 4.39 Å². The molecule has 1 saturated heterocycles. The molecule has 3 unspecified atom stereocenters. The van der Waals surface area contributed by atoms with Crippen molar-refractivity contribution in [2.24, 2.45) is 5.92 Å². The maximum atomic E-state index is 13.5. The second-order valence-corrected chi connectivity index (χ2v) is 6.42. The largest absolute Gasteiger partial charge is 0.382 e. The van der Waals surface area contributed by atoms with Crippen LogP contribution >= 0.6 is 0 Å². The van der Waals surface area contributed by atoms with Gasteiger partial charge in [0.05, 0.1) is 0 Å². The molecule has 1 aliphatic carbocycles. The molecule has 1 aromatic carbocycles. The molecule has 3 atom stereocenters. The van der Waals surface area contributed by atoms with Crippen LogP contribution in [0.2, 0.25) is 0 Å². The number of anilines is 1. The molecule has 0 aromatic heterocycles. The normalized spacial score (nSPS) is 30.4. The van der Waals surface area contributed by atoms with Gasteiger partial charge in [0.25, 0.3) is 0 Å². The summed E-state index contributed by atoms with van der Waals surface area (Å²) in [7, 11) is 0. The molecular formula is C17H25FN2. The number of hydrogen-bond donors (Lipinski definition) is 2. The fourth-order valence-corrected chi connectivity index (χ4v) is 3.93. The molecule has 1 aromatic rings. The Kier molecular flexibility index (Phi) is 4.25. The number of nitrogens with one attached hydrogen (secondary N) is 2. The van der Waals surface area contributed by atoms with Crippen LogP contribution in [0, 0.1) is 18.7 Å². The fourth-order valence-electron chi connectivity index (χ4n) is 3.93. The first kappa shape index (κ1) is 13.9. The SMILES string of the molecule is Cc1cc(F)cc(NC2CCCC2C2CCCCN2)c1. The Labute approximate surface area is 121 Å². The van der Waals surface area contributed by atoms with Gasteiger partial charge in [-0.1, -0.05) is 12.8 Å². The average Bonchev–Trinajstić information content (AvgIpc) is 2.86. The summed E-state index contributed by atoms with van der Waals surface area (Å²) >= 11 is 0. The minimum absolute atomic E-state index is 0.141. The second kappa shape index (κ2) is 6.13. The zero-order valence-corrected chi connectivity index (χ0v) is 12.3. The number of aryl methyl sites for hydroxylation is 1. The highest BCUT2D eigenvalue weighted by molar-refractivity contribution is 5.47. The van der Waals surface area contributed by atoms with Crippen molar-refractivity contribution in [1.29, 1.82) is 0 Å². The molecule has 2 aliphatic rings. The van der Waals surface area contributed by atoms with Crippen molar-refractivity contribution in [3.63, 3.8) is 0 Å². The molecule has 1 aliphatic heterocycles. The molecule has 2 nitrogen and oxygen atoms in total. The highest BCUT2D eigenvalue weighted by Gasteiger charge is 2.34. The summed E-state index contributed by atoms with van der Waals surface area (Å²) < 4.78 is 13.5. The average molecular weight is 276 g/mol. The maximum Gasteiger partial charge on any atom is 0.125 e. The Hall–Kier alpha value is -1.09. The van der Waals surface area contributed by atoms with Crippen molar-refractivity contribution in [2.45, 2.75) is 57.5 Å². The number of rotatable bonds is 3. The number of halogens is 1. The van der Waals surface area contributed by atoms with Gasteiger partial charge in [-0.15, -0.1) is 0 Å². The van der Waals surface area contributed by atoms with E-state index in [0.29, 0.717) is 18.0 Å². The molecule has 110 valence electrons. The van der Waals surface area contributed by atoms with Gasteiger partial charge >= 0.3 is 0 Å². The van der Waals surface area contributed by atoms with Crippen molar-refractivity contribution >= 4 is 5.69 Å². The van der Waals surface area contributed by atoms with E-state index in [1.54, 1.807) is 12.1 Å². The van der Waals surface area contributed by atoms with E-state index in [2.05, 4.69) is 10.6 Å². The Morgan fingerprint density at radius 1 is 1.10 bits per heavy atom. The quantitative estimate of drug-likeness (QED) is 0.876. The summed E-state index contributed by atoms with van der Waals surface area (Å²) in [5.74, 6) is 0.553. The minimum Gasteiger partial charge on any atom is -0.382 e. The Balaban J connectivity index is 1.68. The van der Waals surface area contributed by atoms with Crippen LogP contribution in [0.4, 0.5) is 10.1 Å². The summed E-state index contributed by atoms with van der Waals surface area (Å²) in [4.78, 5) is 0. The highest BCUT2D eigenvalue weighted by Crippen LogP contribution is 2.34. The summed E-state index contributed by atoms with van der Waals surface area (Å²) in [6, 6.07) is 6.40. The zero-order chi connectivity index (χ0) is 13.9. The molecule has 2 N–H and O–H groups in total. The smallest absolute Gasteiger partial charge is 0.125 e. The second-order valence-electron chi connectivity index (χ2n) is 6.42. The Morgan fingerprint density at radius 2 is 2.00 bits per heavy atom. The maximum absolute atomic E-state index is 13.5. The molecule has 0 amide bonds. The van der Waals surface area contributed by atoms with Gasteiger partial charge in [-0.2, -0.15) is 0 Å². The molecular weight excluding hydrogens is 251 g/mol. The monoisotopic (exact) mass is 276 g/mol. The van der Waals surface area contributed by atoms with Crippen LogP contribution in [0.3, 0.4) is 0 Å². The van der Waals surface area contributed by atoms with Crippen LogP contribution in [-0.2, 0) is 0 Å². The van der Waals surface area contributed by atoms with E-state index >= 15 is 0 Å². The minimum atomic E-state index is -0.141. The van der Waals surface area contributed by atoms with Gasteiger partial charge in [-0.05, 0) is 68.8 Å². The molecule has 0 spiro atoms. The summed E-state index contributed by atoms with van der Waals surface area (Å²) in [6.07, 6.45) is 7.74. The lowest BCUT2D eigenvalue weighted by molar-refractivity contribution is 0.286. The van der Waals surface area contributed by atoms with Crippen LogP contribution in [0.1, 0.15) is 44.1 Å². The van der Waals surface area contributed by atoms with Gasteiger partial charge in [-0.3, -0.25) is 0 Å². The third-order valence-electron chi connectivity index (χ3n) is 4.83. The van der Waals surface area contributed by atoms with Crippen LogP contribution in [0.15, 0.2) is 18.2 Å². The van der Waals surface area contributed by atoms with Gasteiger partial charge in [0.2, 0.25) is 0 Å². The highest BCUT2D eigenvalue weighted by atomic mass is 19.1. The van der Waals surface area contributed by atoms with Crippen LogP contribution < -0.4 is 10.6 Å². The lowest BCUT2D eigenvalue weighted by atomic mass is 9.88. The van der Waals surface area contributed by atoms with E-state index in [1.165, 1.54) is 38.5 Å². The topological polar surface area (TPSA) is 24.1 Å². The first-order valence-electron chi connectivity index (χ1n) is 7.99. The molecule has 0 bridgehead atoms. The standard InChI is InChI=1S/C17H25FN2/c1-12-9-13(18)11-14(10-12)20-17-7-4-5-15(17)16-6-2-3-8-19-16/h9-11,15-17,19-20H,2-8H2,1H3. The van der Waals surface area contributed by atoms with Crippen LogP contribution in [-0.4, -0.2) is 18.6 Å². The van der Waals surface area contributed by atoms with Crippen LogP contribution in [0.25, 0.3) is 0 Å². The Morgan fingerprint density at radius 3 is 2.75 bits per heavy atom. The summed E-state index contributed by atoms with van der Waals surface area (Å²) in [5, 5.41) is 7.28. The molecule has 3 rings (SSSR count). The van der Waals surface area contributed by atoms with Crippen molar-refractivity contribution < 1.29 is 4.39 Å². The predicted octanol–water partition coefficient (Wildman–Crippen LogP) is 3.86.